The first-order valence-corrected chi connectivity index (χ1v) is 6.32. The molecule has 0 bridgehead atoms. The predicted molar refractivity (Wildman–Crippen MR) is 73.5 cm³/mol. The Kier molecular flexibility index (Phi) is 3.17. The minimum atomic E-state index is 0.374. The smallest absolute Gasteiger partial charge is 0.240 e. The zero-order valence-corrected chi connectivity index (χ0v) is 11.3. The maximum atomic E-state index is 5.40. The van der Waals surface area contributed by atoms with Gasteiger partial charge in [-0.15, -0.1) is 11.3 Å². The predicted octanol–water partition coefficient (Wildman–Crippen LogP) is 2.13. The Morgan fingerprint density at radius 3 is 2.71 bits per heavy atom. The number of aromatic nitrogens is 2. The number of fused-ring (bicyclic) bond motifs is 1. The minimum absolute atomic E-state index is 0.374. The van der Waals surface area contributed by atoms with Crippen LogP contribution in [0.2, 0.25) is 0 Å². The van der Waals surface area contributed by atoms with Crippen LogP contribution in [0.25, 0.3) is 10.2 Å². The summed E-state index contributed by atoms with van der Waals surface area (Å²) in [6.45, 7) is 6.33. The lowest BCUT2D eigenvalue weighted by atomic mass is 10.3. The molecule has 0 radical (unpaired) electrons. The van der Waals surface area contributed by atoms with E-state index < -0.39 is 0 Å². The summed E-state index contributed by atoms with van der Waals surface area (Å²) < 4.78 is 0. The highest BCUT2D eigenvalue weighted by Crippen LogP contribution is 2.31. The van der Waals surface area contributed by atoms with E-state index in [1.165, 1.54) is 4.88 Å². The van der Waals surface area contributed by atoms with E-state index in [0.29, 0.717) is 12.0 Å². The average Bonchev–Trinajstić information content (AvgIpc) is 2.66. The zero-order chi connectivity index (χ0) is 12.6. The maximum absolute atomic E-state index is 5.40. The molecular formula is C11H17N5S. The van der Waals surface area contributed by atoms with Gasteiger partial charge in [0.2, 0.25) is 5.95 Å². The molecule has 2 heterocycles. The summed E-state index contributed by atoms with van der Waals surface area (Å²) in [4.78, 5) is 13.1. The van der Waals surface area contributed by atoms with Crippen molar-refractivity contribution in [1.82, 2.24) is 9.97 Å². The number of rotatable bonds is 3. The van der Waals surface area contributed by atoms with Crippen LogP contribution in [-0.4, -0.2) is 23.1 Å². The van der Waals surface area contributed by atoms with Crippen molar-refractivity contribution in [2.45, 2.75) is 26.8 Å². The number of nitrogens with zero attached hydrogens (tertiary/aromatic N) is 3. The number of hydrogen-bond acceptors (Lipinski definition) is 6. The number of aryl methyl sites for hydroxylation is 1. The third-order valence-corrected chi connectivity index (χ3v) is 3.68. The second kappa shape index (κ2) is 4.46. The van der Waals surface area contributed by atoms with Gasteiger partial charge in [0.25, 0.3) is 0 Å². The fraction of sp³-hybridized carbons (Fsp3) is 0.455. The zero-order valence-electron chi connectivity index (χ0n) is 10.5. The lowest BCUT2D eigenvalue weighted by molar-refractivity contribution is 0.746. The SMILES string of the molecule is Cc1cc2c(N(C)C(C)C)nc(NN)nc2s1. The lowest BCUT2D eigenvalue weighted by Crippen LogP contribution is -2.27. The Bertz CT molecular complexity index is 534. The van der Waals surface area contributed by atoms with E-state index in [1.807, 2.05) is 7.05 Å². The summed E-state index contributed by atoms with van der Waals surface area (Å²) >= 11 is 1.65. The normalized spacial score (nSPS) is 11.2. The van der Waals surface area contributed by atoms with E-state index in [2.05, 4.69) is 47.1 Å². The number of nitrogens with two attached hydrogens (primary N) is 1. The van der Waals surface area contributed by atoms with Crippen LogP contribution in [0.1, 0.15) is 18.7 Å². The Hall–Kier alpha value is -1.40. The second-order valence-electron chi connectivity index (χ2n) is 4.30. The van der Waals surface area contributed by atoms with E-state index in [9.17, 15) is 0 Å². The van der Waals surface area contributed by atoms with Crippen LogP contribution in [0.3, 0.4) is 0 Å². The fourth-order valence-electron chi connectivity index (χ4n) is 1.60. The van der Waals surface area contributed by atoms with Gasteiger partial charge in [-0.2, -0.15) is 4.98 Å². The number of nitrogen functional groups attached to an aromatic ring is 1. The Morgan fingerprint density at radius 2 is 2.12 bits per heavy atom. The molecule has 0 aliphatic heterocycles. The van der Waals surface area contributed by atoms with Crippen molar-refractivity contribution in [2.75, 3.05) is 17.4 Å². The third kappa shape index (κ3) is 2.18. The van der Waals surface area contributed by atoms with Gasteiger partial charge < -0.3 is 4.90 Å². The molecule has 0 atom stereocenters. The van der Waals surface area contributed by atoms with E-state index in [4.69, 9.17) is 5.84 Å². The molecule has 2 aromatic rings. The molecule has 17 heavy (non-hydrogen) atoms. The molecule has 0 unspecified atom stereocenters. The van der Waals surface area contributed by atoms with Crippen LogP contribution < -0.4 is 16.2 Å². The Balaban J connectivity index is 2.65. The van der Waals surface area contributed by atoms with Crippen molar-refractivity contribution >= 4 is 33.3 Å². The van der Waals surface area contributed by atoms with Gasteiger partial charge in [-0.3, -0.25) is 5.43 Å². The van der Waals surface area contributed by atoms with Crippen molar-refractivity contribution in [2.24, 2.45) is 5.84 Å². The lowest BCUT2D eigenvalue weighted by Gasteiger charge is -2.23. The molecule has 3 N–H and O–H groups in total. The summed E-state index contributed by atoms with van der Waals surface area (Å²) in [5.41, 5.74) is 2.52. The fourth-order valence-corrected chi connectivity index (χ4v) is 2.48. The van der Waals surface area contributed by atoms with Crippen molar-refractivity contribution in [3.05, 3.63) is 10.9 Å². The maximum Gasteiger partial charge on any atom is 0.240 e. The van der Waals surface area contributed by atoms with Gasteiger partial charge in [0.15, 0.2) is 0 Å². The third-order valence-electron chi connectivity index (χ3n) is 2.73. The van der Waals surface area contributed by atoms with E-state index in [0.717, 1.165) is 16.0 Å². The van der Waals surface area contributed by atoms with Crippen LogP contribution in [0, 0.1) is 6.92 Å². The minimum Gasteiger partial charge on any atom is -0.357 e. The standard InChI is InChI=1S/C11H17N5S/c1-6(2)16(4)9-8-5-7(3)17-10(8)14-11(13-9)15-12/h5-6H,12H2,1-4H3,(H,13,14,15). The van der Waals surface area contributed by atoms with Crippen LogP contribution in [0.15, 0.2) is 6.07 Å². The number of nitrogens with one attached hydrogen (secondary N) is 1. The largest absolute Gasteiger partial charge is 0.357 e. The first-order chi connectivity index (χ1) is 8.02. The molecule has 0 aromatic carbocycles. The van der Waals surface area contributed by atoms with Gasteiger partial charge in [-0.25, -0.2) is 10.8 Å². The molecule has 2 aromatic heterocycles. The molecule has 0 aliphatic carbocycles. The van der Waals surface area contributed by atoms with Crippen molar-refractivity contribution in [3.63, 3.8) is 0 Å². The van der Waals surface area contributed by atoms with E-state index >= 15 is 0 Å². The summed E-state index contributed by atoms with van der Waals surface area (Å²) in [6, 6.07) is 2.49. The molecule has 0 fully saturated rings. The van der Waals surface area contributed by atoms with Gasteiger partial charge in [0.05, 0.1) is 5.39 Å². The molecule has 5 nitrogen and oxygen atoms in total. The molecule has 0 amide bonds. The van der Waals surface area contributed by atoms with Crippen molar-refractivity contribution in [1.29, 1.82) is 0 Å². The summed E-state index contributed by atoms with van der Waals surface area (Å²) in [6.07, 6.45) is 0. The molecule has 2 rings (SSSR count). The van der Waals surface area contributed by atoms with Crippen LogP contribution in [-0.2, 0) is 0 Å². The molecule has 0 spiro atoms. The highest BCUT2D eigenvalue weighted by molar-refractivity contribution is 7.18. The molecule has 0 aliphatic rings. The molecule has 6 heteroatoms. The summed E-state index contributed by atoms with van der Waals surface area (Å²) in [5, 5.41) is 1.09. The highest BCUT2D eigenvalue weighted by Gasteiger charge is 2.15. The monoisotopic (exact) mass is 251 g/mol. The number of hydrogen-bond donors (Lipinski definition) is 2. The van der Waals surface area contributed by atoms with E-state index in [1.54, 1.807) is 11.3 Å². The number of anilines is 2. The van der Waals surface area contributed by atoms with Gasteiger partial charge >= 0.3 is 0 Å². The van der Waals surface area contributed by atoms with Crippen LogP contribution in [0.5, 0.6) is 0 Å². The first kappa shape index (κ1) is 12.1. The van der Waals surface area contributed by atoms with Crippen molar-refractivity contribution in [3.8, 4) is 0 Å². The number of hydrazine groups is 1. The molecule has 0 saturated heterocycles. The van der Waals surface area contributed by atoms with Gasteiger partial charge in [0, 0.05) is 18.0 Å². The average molecular weight is 251 g/mol. The first-order valence-electron chi connectivity index (χ1n) is 5.50. The summed E-state index contributed by atoms with van der Waals surface area (Å²) in [5.74, 6) is 6.78. The highest BCUT2D eigenvalue weighted by atomic mass is 32.1. The molecule has 92 valence electrons. The number of thiophene rings is 1. The quantitative estimate of drug-likeness (QED) is 0.646. The second-order valence-corrected chi connectivity index (χ2v) is 5.53. The van der Waals surface area contributed by atoms with Crippen LogP contribution >= 0.6 is 11.3 Å². The van der Waals surface area contributed by atoms with Gasteiger partial charge in [-0.1, -0.05) is 0 Å². The molecule has 0 saturated carbocycles. The topological polar surface area (TPSA) is 67.1 Å². The summed E-state index contributed by atoms with van der Waals surface area (Å²) in [7, 11) is 2.03. The van der Waals surface area contributed by atoms with Crippen LogP contribution in [0.4, 0.5) is 11.8 Å². The van der Waals surface area contributed by atoms with Gasteiger partial charge in [-0.05, 0) is 26.8 Å². The van der Waals surface area contributed by atoms with Crippen molar-refractivity contribution < 1.29 is 0 Å². The Labute approximate surface area is 105 Å². The molecular weight excluding hydrogens is 234 g/mol. The Morgan fingerprint density at radius 1 is 1.41 bits per heavy atom. The van der Waals surface area contributed by atoms with Gasteiger partial charge in [0.1, 0.15) is 10.6 Å². The van der Waals surface area contributed by atoms with E-state index in [-0.39, 0.29) is 0 Å².